The molecule has 2 rings (SSSR count). The molecule has 0 atom stereocenters. The summed E-state index contributed by atoms with van der Waals surface area (Å²) in [7, 11) is 0. The van der Waals surface area contributed by atoms with Gasteiger partial charge in [0.1, 0.15) is 5.82 Å². The van der Waals surface area contributed by atoms with Crippen LogP contribution >= 0.6 is 11.6 Å². The molecule has 0 bridgehead atoms. The molecule has 1 nitrogen and oxygen atoms in total. The van der Waals surface area contributed by atoms with Crippen molar-refractivity contribution in [2.24, 2.45) is 5.73 Å². The predicted molar refractivity (Wildman–Crippen MR) is 64.7 cm³/mol. The van der Waals surface area contributed by atoms with Crippen LogP contribution in [0.1, 0.15) is 5.56 Å². The molecule has 5 heteroatoms. The zero-order valence-corrected chi connectivity index (χ0v) is 9.94. The van der Waals surface area contributed by atoms with Crippen LogP contribution in [-0.2, 0) is 6.54 Å². The lowest BCUT2D eigenvalue weighted by atomic mass is 10.0. The van der Waals surface area contributed by atoms with E-state index in [0.29, 0.717) is 22.2 Å². The standard InChI is InChI=1S/C13H9ClF3N/c14-10-3-7(1-2-8(10)6-18)9-4-12(16)13(17)5-11(9)15/h1-5H,6,18H2. The Balaban J connectivity index is 2.55. The van der Waals surface area contributed by atoms with Crippen molar-refractivity contribution in [2.75, 3.05) is 0 Å². The maximum absolute atomic E-state index is 13.6. The molecule has 0 heterocycles. The maximum Gasteiger partial charge on any atom is 0.161 e. The normalized spacial score (nSPS) is 10.7. The van der Waals surface area contributed by atoms with Gasteiger partial charge in [0.2, 0.25) is 0 Å². The van der Waals surface area contributed by atoms with Crippen LogP contribution in [0.3, 0.4) is 0 Å². The van der Waals surface area contributed by atoms with Gasteiger partial charge in [0.15, 0.2) is 11.6 Å². The summed E-state index contributed by atoms with van der Waals surface area (Å²) in [5.74, 6) is -3.17. The van der Waals surface area contributed by atoms with Gasteiger partial charge in [-0.05, 0) is 23.3 Å². The second kappa shape index (κ2) is 5.00. The van der Waals surface area contributed by atoms with E-state index in [2.05, 4.69) is 0 Å². The van der Waals surface area contributed by atoms with Gasteiger partial charge < -0.3 is 5.73 Å². The van der Waals surface area contributed by atoms with Gasteiger partial charge >= 0.3 is 0 Å². The molecule has 0 aromatic heterocycles. The first-order chi connectivity index (χ1) is 8.52. The highest BCUT2D eigenvalue weighted by Crippen LogP contribution is 2.28. The molecule has 2 aromatic rings. The van der Waals surface area contributed by atoms with Gasteiger partial charge in [-0.15, -0.1) is 0 Å². The van der Waals surface area contributed by atoms with Crippen LogP contribution < -0.4 is 5.73 Å². The van der Waals surface area contributed by atoms with E-state index in [0.717, 1.165) is 6.07 Å². The highest BCUT2D eigenvalue weighted by molar-refractivity contribution is 6.31. The van der Waals surface area contributed by atoms with Gasteiger partial charge in [0.25, 0.3) is 0 Å². The van der Waals surface area contributed by atoms with E-state index >= 15 is 0 Å². The Hall–Kier alpha value is -1.52. The number of nitrogens with two attached hydrogens (primary N) is 1. The van der Waals surface area contributed by atoms with Gasteiger partial charge in [0.05, 0.1) is 0 Å². The van der Waals surface area contributed by atoms with Crippen LogP contribution in [0.4, 0.5) is 13.2 Å². The molecule has 0 fully saturated rings. The zero-order valence-electron chi connectivity index (χ0n) is 9.18. The Bertz CT molecular complexity index is 599. The van der Waals surface area contributed by atoms with E-state index in [-0.39, 0.29) is 12.1 Å². The van der Waals surface area contributed by atoms with Gasteiger partial charge in [-0.3, -0.25) is 0 Å². The highest BCUT2D eigenvalue weighted by atomic mass is 35.5. The van der Waals surface area contributed by atoms with Crippen molar-refractivity contribution >= 4 is 11.6 Å². The van der Waals surface area contributed by atoms with E-state index in [1.807, 2.05) is 0 Å². The molecule has 0 unspecified atom stereocenters. The maximum atomic E-state index is 13.6. The van der Waals surface area contributed by atoms with Crippen molar-refractivity contribution in [3.8, 4) is 11.1 Å². The van der Waals surface area contributed by atoms with Crippen molar-refractivity contribution in [2.45, 2.75) is 6.54 Å². The first kappa shape index (κ1) is 12.9. The number of hydrogen-bond donors (Lipinski definition) is 1. The summed E-state index contributed by atoms with van der Waals surface area (Å²) in [6.07, 6.45) is 0. The number of halogens is 4. The molecule has 0 saturated carbocycles. The van der Waals surface area contributed by atoms with Crippen molar-refractivity contribution in [3.05, 3.63) is 58.4 Å². The fraction of sp³-hybridized carbons (Fsp3) is 0.0769. The third-order valence-corrected chi connectivity index (χ3v) is 2.95. The van der Waals surface area contributed by atoms with E-state index < -0.39 is 17.5 Å². The van der Waals surface area contributed by atoms with E-state index in [9.17, 15) is 13.2 Å². The lowest BCUT2D eigenvalue weighted by Gasteiger charge is -2.07. The average molecular weight is 272 g/mol. The first-order valence-electron chi connectivity index (χ1n) is 5.16. The molecule has 0 saturated heterocycles. The molecule has 0 spiro atoms. The number of rotatable bonds is 2. The van der Waals surface area contributed by atoms with E-state index in [1.165, 1.54) is 6.07 Å². The predicted octanol–water partition coefficient (Wildman–Crippen LogP) is 3.88. The van der Waals surface area contributed by atoms with Crippen molar-refractivity contribution < 1.29 is 13.2 Å². The van der Waals surface area contributed by atoms with Crippen LogP contribution in [0, 0.1) is 17.5 Å². The highest BCUT2D eigenvalue weighted by Gasteiger charge is 2.12. The first-order valence-corrected chi connectivity index (χ1v) is 5.54. The Kier molecular flexibility index (Phi) is 3.59. The van der Waals surface area contributed by atoms with Crippen molar-refractivity contribution in [3.63, 3.8) is 0 Å². The summed E-state index contributed by atoms with van der Waals surface area (Å²) < 4.78 is 39.5. The van der Waals surface area contributed by atoms with Crippen LogP contribution in [0.2, 0.25) is 5.02 Å². The largest absolute Gasteiger partial charge is 0.326 e. The van der Waals surface area contributed by atoms with Gasteiger partial charge in [0, 0.05) is 23.2 Å². The fourth-order valence-electron chi connectivity index (χ4n) is 1.62. The van der Waals surface area contributed by atoms with Crippen LogP contribution in [0.25, 0.3) is 11.1 Å². The Labute approximate surface area is 107 Å². The quantitative estimate of drug-likeness (QED) is 0.824. The molecular weight excluding hydrogens is 263 g/mol. The second-order valence-corrected chi connectivity index (χ2v) is 4.16. The molecule has 2 aromatic carbocycles. The van der Waals surface area contributed by atoms with Gasteiger partial charge in [-0.2, -0.15) is 0 Å². The van der Waals surface area contributed by atoms with Crippen LogP contribution in [-0.4, -0.2) is 0 Å². The summed E-state index contributed by atoms with van der Waals surface area (Å²) in [4.78, 5) is 0. The van der Waals surface area contributed by atoms with Crippen LogP contribution in [0.15, 0.2) is 30.3 Å². The third kappa shape index (κ3) is 2.35. The molecule has 0 radical (unpaired) electrons. The molecule has 94 valence electrons. The van der Waals surface area contributed by atoms with Crippen molar-refractivity contribution in [1.82, 2.24) is 0 Å². The lowest BCUT2D eigenvalue weighted by Crippen LogP contribution is -1.97. The Morgan fingerprint density at radius 2 is 1.61 bits per heavy atom. The average Bonchev–Trinajstić information content (AvgIpc) is 2.33. The zero-order chi connectivity index (χ0) is 13.3. The molecule has 0 aliphatic rings. The van der Waals surface area contributed by atoms with Gasteiger partial charge in [-0.25, -0.2) is 13.2 Å². The SMILES string of the molecule is NCc1ccc(-c2cc(F)c(F)cc2F)cc1Cl. The topological polar surface area (TPSA) is 26.0 Å². The van der Waals surface area contributed by atoms with E-state index in [1.54, 1.807) is 12.1 Å². The number of benzene rings is 2. The monoisotopic (exact) mass is 271 g/mol. The molecule has 0 amide bonds. The minimum Gasteiger partial charge on any atom is -0.326 e. The smallest absolute Gasteiger partial charge is 0.161 e. The minimum atomic E-state index is -1.22. The molecule has 0 aliphatic carbocycles. The second-order valence-electron chi connectivity index (χ2n) is 3.76. The van der Waals surface area contributed by atoms with Crippen molar-refractivity contribution in [1.29, 1.82) is 0 Å². The summed E-state index contributed by atoms with van der Waals surface area (Å²) >= 11 is 5.93. The Morgan fingerprint density at radius 3 is 2.22 bits per heavy atom. The molecule has 2 N–H and O–H groups in total. The third-order valence-electron chi connectivity index (χ3n) is 2.59. The minimum absolute atomic E-state index is 0.0422. The summed E-state index contributed by atoms with van der Waals surface area (Å²) in [5.41, 5.74) is 6.47. The summed E-state index contributed by atoms with van der Waals surface area (Å²) in [6, 6.07) is 5.97. The molecule has 0 aliphatic heterocycles. The van der Waals surface area contributed by atoms with E-state index in [4.69, 9.17) is 17.3 Å². The Morgan fingerprint density at radius 1 is 0.944 bits per heavy atom. The molecular formula is C13H9ClF3N. The van der Waals surface area contributed by atoms with Gasteiger partial charge in [-0.1, -0.05) is 23.7 Å². The fourth-order valence-corrected chi connectivity index (χ4v) is 1.88. The van der Waals surface area contributed by atoms with Crippen LogP contribution in [0.5, 0.6) is 0 Å². The summed E-state index contributed by atoms with van der Waals surface area (Å²) in [6.45, 7) is 0.249. The lowest BCUT2D eigenvalue weighted by molar-refractivity contribution is 0.496. The molecule has 18 heavy (non-hydrogen) atoms. The summed E-state index contributed by atoms with van der Waals surface area (Å²) in [5, 5.41) is 0.360. The number of hydrogen-bond acceptors (Lipinski definition) is 1.